The number of nitrogens with zero attached hydrogens (tertiary/aromatic N) is 3. The summed E-state index contributed by atoms with van der Waals surface area (Å²) in [7, 11) is 0. The number of Topliss-reactive ketones (excluding diaryl/α,β-unsaturated/α-hetero) is 1. The molecule has 40 heavy (non-hydrogen) atoms. The van der Waals surface area contributed by atoms with E-state index in [2.05, 4.69) is 31.5 Å². The van der Waals surface area contributed by atoms with E-state index in [4.69, 9.17) is 4.74 Å². The maximum atomic E-state index is 13.4. The van der Waals surface area contributed by atoms with E-state index in [9.17, 15) is 24.0 Å². The van der Waals surface area contributed by atoms with Crippen LogP contribution in [0.15, 0.2) is 36.5 Å². The van der Waals surface area contributed by atoms with Crippen molar-refractivity contribution in [2.24, 2.45) is 11.8 Å². The third kappa shape index (κ3) is 8.89. The average Bonchev–Trinajstić information content (AvgIpc) is 3.35. The Kier molecular flexibility index (Phi) is 10.7. The average molecular weight is 556 g/mol. The van der Waals surface area contributed by atoms with E-state index in [1.165, 1.54) is 11.0 Å². The van der Waals surface area contributed by atoms with E-state index in [0.717, 1.165) is 5.56 Å². The van der Waals surface area contributed by atoms with Crippen molar-refractivity contribution in [1.29, 1.82) is 0 Å². The summed E-state index contributed by atoms with van der Waals surface area (Å²) in [6, 6.07) is 5.90. The highest BCUT2D eigenvalue weighted by atomic mass is 16.5. The Morgan fingerprint density at radius 1 is 1.07 bits per heavy atom. The van der Waals surface area contributed by atoms with Gasteiger partial charge in [0.05, 0.1) is 18.4 Å². The second-order valence-corrected chi connectivity index (χ2v) is 10.4. The maximum Gasteiger partial charge on any atom is 0.408 e. The van der Waals surface area contributed by atoms with Crippen LogP contribution in [-0.2, 0) is 43.5 Å². The smallest absolute Gasteiger partial charge is 0.408 e. The van der Waals surface area contributed by atoms with Gasteiger partial charge in [-0.15, -0.1) is 0 Å². The first kappa shape index (κ1) is 30.3. The molecule has 1 aromatic carbocycles. The lowest BCUT2D eigenvalue weighted by Gasteiger charge is -2.27. The van der Waals surface area contributed by atoms with Crippen molar-refractivity contribution >= 4 is 29.6 Å². The van der Waals surface area contributed by atoms with Gasteiger partial charge in [-0.2, -0.15) is 15.0 Å². The molecule has 0 saturated carbocycles. The number of alkyl carbamates (subject to hydrolysis) is 1. The fourth-order valence-corrected chi connectivity index (χ4v) is 4.13. The molecule has 2 bridgehead atoms. The number of ketones is 1. The van der Waals surface area contributed by atoms with Crippen LogP contribution < -0.4 is 21.3 Å². The zero-order chi connectivity index (χ0) is 29.2. The maximum absolute atomic E-state index is 13.4. The first-order chi connectivity index (χ1) is 19.0. The van der Waals surface area contributed by atoms with Crippen LogP contribution in [0.5, 0.6) is 0 Å². The van der Waals surface area contributed by atoms with E-state index in [-0.39, 0.29) is 37.8 Å². The van der Waals surface area contributed by atoms with Crippen LogP contribution in [0.25, 0.3) is 0 Å². The number of ether oxygens (including phenoxy) is 1. The molecule has 1 aliphatic rings. The summed E-state index contributed by atoms with van der Waals surface area (Å²) in [6.45, 7) is 7.77. The minimum absolute atomic E-state index is 0.000270. The van der Waals surface area contributed by atoms with Crippen LogP contribution in [0.4, 0.5) is 4.79 Å². The number of amides is 4. The highest BCUT2D eigenvalue weighted by Crippen LogP contribution is 2.10. The lowest BCUT2D eigenvalue weighted by molar-refractivity contribution is -0.140. The summed E-state index contributed by atoms with van der Waals surface area (Å²) in [4.78, 5) is 65.7. The Balaban J connectivity index is 1.68. The van der Waals surface area contributed by atoms with Crippen LogP contribution in [0.2, 0.25) is 0 Å². The van der Waals surface area contributed by atoms with E-state index in [1.54, 1.807) is 13.8 Å². The summed E-state index contributed by atoms with van der Waals surface area (Å²) in [5, 5.41) is 18.8. The monoisotopic (exact) mass is 555 g/mol. The van der Waals surface area contributed by atoms with Crippen molar-refractivity contribution in [2.75, 3.05) is 6.54 Å². The van der Waals surface area contributed by atoms with Gasteiger partial charge in [0, 0.05) is 13.0 Å². The summed E-state index contributed by atoms with van der Waals surface area (Å²) < 4.78 is 5.25. The third-order valence-electron chi connectivity index (χ3n) is 6.23. The fourth-order valence-electron chi connectivity index (χ4n) is 4.13. The normalized spacial score (nSPS) is 17.0. The second kappa shape index (κ2) is 14.2. The number of rotatable bonds is 10. The summed E-state index contributed by atoms with van der Waals surface area (Å²) in [5.74, 6) is -3.17. The van der Waals surface area contributed by atoms with Crippen molar-refractivity contribution < 1.29 is 28.7 Å². The Hall–Kier alpha value is -4.29. The first-order valence-electron chi connectivity index (χ1n) is 13.3. The zero-order valence-electron chi connectivity index (χ0n) is 23.2. The van der Waals surface area contributed by atoms with E-state index >= 15 is 0 Å². The minimum Gasteiger partial charge on any atom is -0.445 e. The Morgan fingerprint density at radius 3 is 2.48 bits per heavy atom. The van der Waals surface area contributed by atoms with Gasteiger partial charge in [-0.05, 0) is 23.8 Å². The molecule has 0 aliphatic carbocycles. The van der Waals surface area contributed by atoms with Crippen molar-refractivity contribution in [3.8, 4) is 0 Å². The lowest BCUT2D eigenvalue weighted by Crippen LogP contribution is -2.58. The van der Waals surface area contributed by atoms with Crippen LogP contribution in [-0.4, -0.2) is 69.3 Å². The quantitative estimate of drug-likeness (QED) is 0.307. The number of carbonyl (C=O) groups is 5. The van der Waals surface area contributed by atoms with Crippen molar-refractivity contribution in [1.82, 2.24) is 36.3 Å². The molecule has 0 fully saturated rings. The molecular formula is C27H37N7O6. The molecule has 13 nitrogen and oxygen atoms in total. The Morgan fingerprint density at radius 2 is 1.80 bits per heavy atom. The summed E-state index contributed by atoms with van der Waals surface area (Å²) in [5.41, 5.74) is 1.24. The molecule has 0 saturated heterocycles. The van der Waals surface area contributed by atoms with Gasteiger partial charge >= 0.3 is 6.09 Å². The molecule has 4 N–H and O–H groups in total. The highest BCUT2D eigenvalue weighted by Gasteiger charge is 2.34. The topological polar surface area (TPSA) is 173 Å². The number of fused-ring (bicyclic) bond motifs is 2. The van der Waals surface area contributed by atoms with Gasteiger partial charge < -0.3 is 26.0 Å². The standard InChI is InChI=1S/C27H37N7O6/c1-16(2)12-21(24(36)30-20-13-19-14-29-34(33-19)11-10-28-26(38)23(20)35)31-25(37)22(17(3)4)32-27(39)40-15-18-8-6-5-7-9-18/h5-9,14,16-17,20-22H,10-13,15H2,1-4H3,(H,28,38)(H,30,36)(H,31,37)(H,32,39). The molecule has 4 amide bonds. The van der Waals surface area contributed by atoms with Crippen molar-refractivity contribution in [3.63, 3.8) is 0 Å². The molecule has 3 atom stereocenters. The molecule has 216 valence electrons. The number of aromatic nitrogens is 3. The fraction of sp³-hybridized carbons (Fsp3) is 0.519. The molecule has 3 unspecified atom stereocenters. The largest absolute Gasteiger partial charge is 0.445 e. The Labute approximate surface area is 232 Å². The number of benzene rings is 1. The van der Waals surface area contributed by atoms with Crippen LogP contribution in [0.1, 0.15) is 45.4 Å². The number of carbonyl (C=O) groups excluding carboxylic acids is 5. The molecule has 1 aliphatic heterocycles. The molecular weight excluding hydrogens is 518 g/mol. The van der Waals surface area contributed by atoms with Gasteiger partial charge in [-0.1, -0.05) is 58.0 Å². The van der Waals surface area contributed by atoms with Gasteiger partial charge in [0.1, 0.15) is 24.7 Å². The van der Waals surface area contributed by atoms with Crippen molar-refractivity contribution in [2.45, 2.75) is 71.8 Å². The van der Waals surface area contributed by atoms with Crippen LogP contribution >= 0.6 is 0 Å². The van der Waals surface area contributed by atoms with Gasteiger partial charge in [-0.3, -0.25) is 19.2 Å². The first-order valence-corrected chi connectivity index (χ1v) is 13.3. The predicted octanol–water partition coefficient (Wildman–Crippen LogP) is 0.486. The van der Waals surface area contributed by atoms with Gasteiger partial charge in [0.25, 0.3) is 5.91 Å². The molecule has 2 aromatic rings. The Bertz CT molecular complexity index is 1200. The summed E-state index contributed by atoms with van der Waals surface area (Å²) >= 11 is 0. The molecule has 13 heteroatoms. The summed E-state index contributed by atoms with van der Waals surface area (Å²) in [6.07, 6.45) is 0.924. The van der Waals surface area contributed by atoms with Crippen LogP contribution in [0.3, 0.4) is 0 Å². The number of hydrogen-bond donors (Lipinski definition) is 4. The van der Waals surface area contributed by atoms with Gasteiger partial charge in [-0.25, -0.2) is 4.79 Å². The number of nitrogens with one attached hydrogen (secondary N) is 4. The van der Waals surface area contributed by atoms with Gasteiger partial charge in [0.15, 0.2) is 0 Å². The third-order valence-corrected chi connectivity index (χ3v) is 6.23. The predicted molar refractivity (Wildman–Crippen MR) is 143 cm³/mol. The zero-order valence-corrected chi connectivity index (χ0v) is 23.2. The van der Waals surface area contributed by atoms with Crippen LogP contribution in [0, 0.1) is 11.8 Å². The molecule has 0 spiro atoms. The molecule has 2 heterocycles. The highest BCUT2D eigenvalue weighted by molar-refractivity contribution is 6.38. The minimum atomic E-state index is -1.20. The second-order valence-electron chi connectivity index (χ2n) is 10.4. The lowest BCUT2D eigenvalue weighted by atomic mass is 9.99. The van der Waals surface area contributed by atoms with E-state index in [1.807, 2.05) is 44.2 Å². The SMILES string of the molecule is CC(C)CC(NC(=O)C(NC(=O)OCc1ccccc1)C(C)C)C(=O)NC1Cc2cnn(n2)CCNC(=O)C1=O. The molecule has 3 rings (SSSR count). The molecule has 1 aromatic heterocycles. The molecule has 0 radical (unpaired) electrons. The van der Waals surface area contributed by atoms with E-state index in [0.29, 0.717) is 12.2 Å². The van der Waals surface area contributed by atoms with Crippen molar-refractivity contribution in [3.05, 3.63) is 47.8 Å². The number of hydrogen-bond acceptors (Lipinski definition) is 8. The van der Waals surface area contributed by atoms with Gasteiger partial charge in [0.2, 0.25) is 17.6 Å². The van der Waals surface area contributed by atoms with E-state index < -0.39 is 47.7 Å².